The van der Waals surface area contributed by atoms with Gasteiger partial charge in [0.05, 0.1) is 39.0 Å². The van der Waals surface area contributed by atoms with Crippen molar-refractivity contribution in [2.75, 3.05) is 165 Å². The average Bonchev–Trinajstić information content (AvgIpc) is 3.69. The molecule has 0 aromatic carbocycles. The van der Waals surface area contributed by atoms with Crippen LogP contribution in [0.3, 0.4) is 0 Å². The summed E-state index contributed by atoms with van der Waals surface area (Å²) in [5.74, 6) is -0.776. The number of nitrogens with zero attached hydrogens (tertiary/aromatic N) is 8. The first-order valence-corrected chi connectivity index (χ1v) is 21.4. The molecule has 0 aromatic heterocycles. The second-order valence-corrected chi connectivity index (χ2v) is 16.4. The van der Waals surface area contributed by atoms with Gasteiger partial charge in [-0.3, -0.25) is 33.4 Å². The van der Waals surface area contributed by atoms with Crippen LogP contribution in [-0.2, 0) is 42.8 Å². The van der Waals surface area contributed by atoms with Crippen LogP contribution in [0.25, 0.3) is 0 Å². The zero-order chi connectivity index (χ0) is 40.0. The van der Waals surface area contributed by atoms with Gasteiger partial charge >= 0.3 is 24.1 Å². The fourth-order valence-electron chi connectivity index (χ4n) is 7.09. The van der Waals surface area contributed by atoms with Crippen LogP contribution in [0, 0.1) is 0 Å². The minimum atomic E-state index is -3.50. The van der Waals surface area contributed by atoms with Gasteiger partial charge in [0, 0.05) is 111 Å². The smallest absolute Gasteiger partial charge is 0.410 e. The lowest BCUT2D eigenvalue weighted by Gasteiger charge is -2.38. The van der Waals surface area contributed by atoms with Gasteiger partial charge in [0.1, 0.15) is 24.9 Å². The minimum Gasteiger partial charge on any atom is -0.466 e. The molecule has 2 amide bonds. The fraction of sp³-hybridized carbons (Fsp3) is 0.886. The number of hydrogen-bond acceptors (Lipinski definition) is 17. The number of likely N-dealkylation sites (N-methyl/N-ethyl adjacent to an activating group) is 2. The minimum absolute atomic E-state index is 0.00479. The number of rotatable bonds is 17. The maximum Gasteiger partial charge on any atom is 0.410 e. The second-order valence-electron chi connectivity index (χ2n) is 14.8. The summed E-state index contributed by atoms with van der Waals surface area (Å²) in [4.78, 5) is 65.5. The topological polar surface area (TPSA) is 174 Å². The van der Waals surface area contributed by atoms with Crippen molar-refractivity contribution >= 4 is 34.2 Å². The van der Waals surface area contributed by atoms with Gasteiger partial charge < -0.3 is 38.5 Å². The zero-order valence-electron chi connectivity index (χ0n) is 33.5. The Balaban J connectivity index is 0.000000274. The summed E-state index contributed by atoms with van der Waals surface area (Å²) in [6.07, 6.45) is -0.308. The zero-order valence-corrected chi connectivity index (χ0v) is 34.3. The lowest BCUT2D eigenvalue weighted by Crippen LogP contribution is -2.54. The normalized spacial score (nSPS) is 24.6. The summed E-state index contributed by atoms with van der Waals surface area (Å²) >= 11 is 0. The van der Waals surface area contributed by atoms with Crippen LogP contribution in [-0.4, -0.2) is 255 Å². The van der Waals surface area contributed by atoms with E-state index in [4.69, 9.17) is 18.9 Å². The molecule has 19 nitrogen and oxygen atoms in total. The Kier molecular flexibility index (Phi) is 18.1. The van der Waals surface area contributed by atoms with E-state index in [1.807, 2.05) is 9.80 Å². The van der Waals surface area contributed by atoms with E-state index in [0.717, 1.165) is 84.8 Å². The summed E-state index contributed by atoms with van der Waals surface area (Å²) in [6.45, 7) is 19.6. The number of esters is 2. The Bertz CT molecular complexity index is 1340. The molecule has 55 heavy (non-hydrogen) atoms. The number of amides is 2. The number of hydrogen-bond donors (Lipinski definition) is 0. The average molecular weight is 805 g/mol. The standard InChI is InChI=1S/C23H41N5O6.C12H23N3O5S/c1-4-32-21(29)16-20(22(30)33-5-2)27-13-11-26(12-14-27)17-19-18-28(23(31)34-19)15-10-25-8-6-24(3)7-9-25;1-13-3-5-14(6-4-13)7-8-15-9-11(20-12(15)16)10-19-21(2,17)18/h19-20H,4-18H2,1-3H3;11H,3-10H2,1-2H3. The first kappa shape index (κ1) is 44.9. The van der Waals surface area contributed by atoms with E-state index in [1.54, 1.807) is 18.7 Å². The third-order valence-electron chi connectivity index (χ3n) is 10.5. The maximum atomic E-state index is 12.5. The number of piperazine rings is 3. The summed E-state index contributed by atoms with van der Waals surface area (Å²) in [5.41, 5.74) is 0. The highest BCUT2D eigenvalue weighted by atomic mass is 32.2. The van der Waals surface area contributed by atoms with Crippen molar-refractivity contribution in [3.05, 3.63) is 0 Å². The molecule has 316 valence electrons. The van der Waals surface area contributed by atoms with Crippen LogP contribution in [0.5, 0.6) is 0 Å². The van der Waals surface area contributed by atoms with Crippen molar-refractivity contribution < 1.29 is 50.7 Å². The van der Waals surface area contributed by atoms with Crippen LogP contribution in [0.1, 0.15) is 20.3 Å². The van der Waals surface area contributed by atoms with Crippen molar-refractivity contribution in [1.29, 1.82) is 0 Å². The first-order valence-electron chi connectivity index (χ1n) is 19.6. The molecule has 3 unspecified atom stereocenters. The lowest BCUT2D eigenvalue weighted by atomic mass is 10.1. The van der Waals surface area contributed by atoms with Crippen LogP contribution in [0.15, 0.2) is 0 Å². The quantitative estimate of drug-likeness (QED) is 0.0952. The maximum absolute atomic E-state index is 12.5. The van der Waals surface area contributed by atoms with E-state index in [0.29, 0.717) is 45.8 Å². The van der Waals surface area contributed by atoms with Crippen molar-refractivity contribution in [1.82, 2.24) is 39.2 Å². The monoisotopic (exact) mass is 804 g/mol. The van der Waals surface area contributed by atoms with E-state index >= 15 is 0 Å². The Morgan fingerprint density at radius 1 is 0.691 bits per heavy atom. The van der Waals surface area contributed by atoms with Gasteiger partial charge in [-0.2, -0.15) is 8.42 Å². The van der Waals surface area contributed by atoms with Crippen LogP contribution < -0.4 is 0 Å². The highest BCUT2D eigenvalue weighted by molar-refractivity contribution is 7.85. The first-order chi connectivity index (χ1) is 26.2. The van der Waals surface area contributed by atoms with Gasteiger partial charge in [-0.15, -0.1) is 0 Å². The van der Waals surface area contributed by atoms with Gasteiger partial charge in [0.15, 0.2) is 0 Å². The van der Waals surface area contributed by atoms with Crippen LogP contribution in [0.4, 0.5) is 9.59 Å². The van der Waals surface area contributed by atoms with Gasteiger partial charge in [-0.25, -0.2) is 9.59 Å². The molecule has 0 aliphatic carbocycles. The van der Waals surface area contributed by atoms with Crippen molar-refractivity contribution in [2.45, 2.75) is 38.5 Å². The van der Waals surface area contributed by atoms with E-state index in [2.05, 4.69) is 42.8 Å². The number of ether oxygens (including phenoxy) is 4. The van der Waals surface area contributed by atoms with Gasteiger partial charge in [-0.05, 0) is 27.9 Å². The summed E-state index contributed by atoms with van der Waals surface area (Å²) in [5, 5.41) is 0. The molecular formula is C35H64N8O11S. The summed E-state index contributed by atoms with van der Waals surface area (Å²) in [6, 6.07) is -0.629. The van der Waals surface area contributed by atoms with E-state index in [1.165, 1.54) is 0 Å². The molecular weight excluding hydrogens is 740 g/mol. The molecule has 5 rings (SSSR count). The predicted octanol–water partition coefficient (Wildman–Crippen LogP) is -1.41. The van der Waals surface area contributed by atoms with Crippen molar-refractivity contribution in [3.8, 4) is 0 Å². The van der Waals surface area contributed by atoms with E-state index in [9.17, 15) is 27.6 Å². The van der Waals surface area contributed by atoms with Crippen molar-refractivity contribution in [3.63, 3.8) is 0 Å². The molecule has 5 saturated heterocycles. The second kappa shape index (κ2) is 22.2. The lowest BCUT2D eigenvalue weighted by molar-refractivity contribution is -0.157. The molecule has 0 N–H and O–H groups in total. The third-order valence-corrected chi connectivity index (χ3v) is 11.0. The van der Waals surface area contributed by atoms with Gasteiger partial charge in [0.2, 0.25) is 0 Å². The molecule has 5 aliphatic heterocycles. The molecule has 0 aromatic rings. The number of carbonyl (C=O) groups excluding carboxylic acids is 4. The Morgan fingerprint density at radius 2 is 1.16 bits per heavy atom. The number of carbonyl (C=O) groups is 4. The fourth-order valence-corrected chi connectivity index (χ4v) is 7.49. The summed E-state index contributed by atoms with van der Waals surface area (Å²) in [7, 11) is 0.731. The summed E-state index contributed by atoms with van der Waals surface area (Å²) < 4.78 is 47.5. The van der Waals surface area contributed by atoms with Crippen LogP contribution >= 0.6 is 0 Å². The largest absolute Gasteiger partial charge is 0.466 e. The van der Waals surface area contributed by atoms with Gasteiger partial charge in [0.25, 0.3) is 10.1 Å². The highest BCUT2D eigenvalue weighted by Gasteiger charge is 2.36. The molecule has 0 radical (unpaired) electrons. The number of cyclic esters (lactones) is 2. The molecule has 5 fully saturated rings. The van der Waals surface area contributed by atoms with E-state index < -0.39 is 34.3 Å². The molecule has 20 heteroatoms. The Hall–Kier alpha value is -2.85. The Morgan fingerprint density at radius 3 is 1.65 bits per heavy atom. The SMILES string of the molecule is CCOC(=O)CC(C(=O)OCC)N1CCN(CC2CN(CCN3CCN(C)CC3)C(=O)O2)CC1.CN1CCN(CCN2CC(COS(C)(=O)=O)OC2=O)CC1. The van der Waals surface area contributed by atoms with Crippen LogP contribution in [0.2, 0.25) is 0 Å². The molecule has 0 spiro atoms. The third kappa shape index (κ3) is 15.5. The molecule has 0 bridgehead atoms. The molecule has 5 heterocycles. The van der Waals surface area contributed by atoms with Gasteiger partial charge in [-0.1, -0.05) is 0 Å². The van der Waals surface area contributed by atoms with E-state index in [-0.39, 0.29) is 44.4 Å². The predicted molar refractivity (Wildman–Crippen MR) is 202 cm³/mol. The van der Waals surface area contributed by atoms with Crippen molar-refractivity contribution in [2.24, 2.45) is 0 Å². The highest BCUT2D eigenvalue weighted by Crippen LogP contribution is 2.17. The molecule has 3 atom stereocenters. The Labute approximate surface area is 326 Å². The molecule has 0 saturated carbocycles. The molecule has 5 aliphatic rings.